The average Bonchev–Trinajstić information content (AvgIpc) is 3.16. The van der Waals surface area contributed by atoms with E-state index in [0.717, 1.165) is 17.9 Å². The molecule has 2 unspecified atom stereocenters. The zero-order valence-corrected chi connectivity index (χ0v) is 15.1. The summed E-state index contributed by atoms with van der Waals surface area (Å²) in [5.41, 5.74) is 1.18. The third kappa shape index (κ3) is 4.99. The zero-order valence-electron chi connectivity index (χ0n) is 14.2. The van der Waals surface area contributed by atoms with Crippen molar-refractivity contribution in [3.63, 3.8) is 0 Å². The molecule has 26 heavy (non-hydrogen) atoms. The average molecular weight is 379 g/mol. The van der Waals surface area contributed by atoms with E-state index < -0.39 is 6.04 Å². The molecule has 2 heterocycles. The molecule has 8 nitrogen and oxygen atoms in total. The molecular formula is C17H21N3O5S. The highest BCUT2D eigenvalue weighted by molar-refractivity contribution is 7.99. The third-order valence-corrected chi connectivity index (χ3v) is 5.16. The van der Waals surface area contributed by atoms with Gasteiger partial charge in [0.05, 0.1) is 20.0 Å². The van der Waals surface area contributed by atoms with E-state index in [1.807, 2.05) is 12.1 Å². The Kier molecular flexibility index (Phi) is 7.49. The molecule has 3 N–H and O–H groups in total. The van der Waals surface area contributed by atoms with Crippen LogP contribution in [0.4, 0.5) is 0 Å². The summed E-state index contributed by atoms with van der Waals surface area (Å²) in [5.74, 6) is 1.44. The van der Waals surface area contributed by atoms with Gasteiger partial charge in [-0.3, -0.25) is 9.59 Å². The Labute approximate surface area is 155 Å². The second-order valence-corrected chi connectivity index (χ2v) is 6.57. The van der Waals surface area contributed by atoms with Gasteiger partial charge in [-0.05, 0) is 30.2 Å². The monoisotopic (exact) mass is 379 g/mol. The molecule has 3 rings (SSSR count). The zero-order chi connectivity index (χ0) is 18.9. The van der Waals surface area contributed by atoms with E-state index in [4.69, 9.17) is 14.6 Å². The number of aliphatic hydroxyl groups is 1. The number of nitrogens with one attached hydrogen (secondary N) is 1. The number of fused-ring (bicyclic) bond motifs is 1. The number of carbonyl (C=O) groups excluding carboxylic acids is 1. The van der Waals surface area contributed by atoms with Crippen LogP contribution in [-0.4, -0.2) is 57.7 Å². The number of nitrogens with zero attached hydrogens (tertiary/aromatic N) is 2. The van der Waals surface area contributed by atoms with E-state index in [-0.39, 0.29) is 25.0 Å². The van der Waals surface area contributed by atoms with Crippen molar-refractivity contribution in [1.29, 1.82) is 0 Å². The second kappa shape index (κ2) is 9.83. The number of carbonyl (C=O) groups is 2. The molecule has 1 amide bonds. The van der Waals surface area contributed by atoms with Crippen molar-refractivity contribution in [3.8, 4) is 5.75 Å². The maximum absolute atomic E-state index is 12.4. The van der Waals surface area contributed by atoms with E-state index in [1.54, 1.807) is 35.8 Å². The number of benzene rings is 1. The lowest BCUT2D eigenvalue weighted by Crippen LogP contribution is -2.44. The smallest absolute Gasteiger partial charge is 0.290 e. The Morgan fingerprint density at radius 1 is 1.58 bits per heavy atom. The standard InChI is InChI=1S/C16H19N3O3S.CH2O2/c1-22-13-2-3-15-11(7-13)6-12(9-23-15)18-16(21)14(8-20)19-5-4-17-10-19;2-1-3/h2-5,7,10,12,14,20H,6,8-9H2,1H3,(H,18,21);1H,(H,2,3). The van der Waals surface area contributed by atoms with Gasteiger partial charge < -0.3 is 24.8 Å². The van der Waals surface area contributed by atoms with Gasteiger partial charge >= 0.3 is 0 Å². The van der Waals surface area contributed by atoms with Crippen molar-refractivity contribution in [2.75, 3.05) is 19.5 Å². The first-order valence-electron chi connectivity index (χ1n) is 7.89. The summed E-state index contributed by atoms with van der Waals surface area (Å²) in [5, 5.41) is 19.4. The van der Waals surface area contributed by atoms with E-state index in [9.17, 15) is 9.90 Å². The number of aliphatic hydroxyl groups excluding tert-OH is 1. The fourth-order valence-corrected chi connectivity index (χ4v) is 3.73. The Morgan fingerprint density at radius 3 is 2.96 bits per heavy atom. The van der Waals surface area contributed by atoms with Crippen molar-refractivity contribution >= 4 is 24.1 Å². The highest BCUT2D eigenvalue weighted by Crippen LogP contribution is 2.32. The van der Waals surface area contributed by atoms with Gasteiger partial charge in [-0.25, -0.2) is 4.98 Å². The lowest BCUT2D eigenvalue weighted by atomic mass is 10.1. The van der Waals surface area contributed by atoms with Crippen LogP contribution in [0.5, 0.6) is 5.75 Å². The normalized spacial score (nSPS) is 16.5. The molecule has 1 aromatic carbocycles. The van der Waals surface area contributed by atoms with Crippen LogP contribution in [0.15, 0.2) is 41.8 Å². The van der Waals surface area contributed by atoms with Gasteiger partial charge in [0.15, 0.2) is 0 Å². The number of hydrogen-bond donors (Lipinski definition) is 3. The van der Waals surface area contributed by atoms with Gasteiger partial charge in [0.1, 0.15) is 11.8 Å². The molecule has 1 aliphatic heterocycles. The molecule has 0 fully saturated rings. The summed E-state index contributed by atoms with van der Waals surface area (Å²) in [6, 6.07) is 5.41. The minimum Gasteiger partial charge on any atom is -0.497 e. The molecule has 0 saturated heterocycles. The van der Waals surface area contributed by atoms with Crippen molar-refractivity contribution < 1.29 is 24.5 Å². The molecule has 0 spiro atoms. The minimum atomic E-state index is -0.644. The molecule has 2 aromatic rings. The summed E-state index contributed by atoms with van der Waals surface area (Å²) in [6.45, 7) is -0.507. The van der Waals surface area contributed by atoms with Crippen LogP contribution in [-0.2, 0) is 16.0 Å². The van der Waals surface area contributed by atoms with Crippen LogP contribution in [0, 0.1) is 0 Å². The van der Waals surface area contributed by atoms with Crippen LogP contribution < -0.4 is 10.1 Å². The number of aromatic nitrogens is 2. The third-order valence-electron chi connectivity index (χ3n) is 3.88. The van der Waals surface area contributed by atoms with Crippen LogP contribution in [0.2, 0.25) is 0 Å². The summed E-state index contributed by atoms with van der Waals surface area (Å²) in [6.07, 6.45) is 5.56. The van der Waals surface area contributed by atoms with Crippen LogP contribution in [0.1, 0.15) is 11.6 Å². The predicted molar refractivity (Wildman–Crippen MR) is 96.4 cm³/mol. The molecule has 0 saturated carbocycles. The maximum atomic E-state index is 12.4. The molecule has 0 aliphatic carbocycles. The van der Waals surface area contributed by atoms with Crippen LogP contribution >= 0.6 is 11.8 Å². The predicted octanol–water partition coefficient (Wildman–Crippen LogP) is 0.959. The van der Waals surface area contributed by atoms with Gasteiger partial charge in [-0.1, -0.05) is 0 Å². The fourth-order valence-electron chi connectivity index (χ4n) is 2.65. The maximum Gasteiger partial charge on any atom is 0.290 e. The van der Waals surface area contributed by atoms with Crippen LogP contribution in [0.3, 0.4) is 0 Å². The largest absolute Gasteiger partial charge is 0.497 e. The van der Waals surface area contributed by atoms with Gasteiger partial charge in [0.25, 0.3) is 6.47 Å². The Bertz CT molecular complexity index is 723. The molecule has 2 atom stereocenters. The molecule has 140 valence electrons. The number of ether oxygens (including phenoxy) is 1. The second-order valence-electron chi connectivity index (χ2n) is 5.51. The van der Waals surface area contributed by atoms with E-state index in [1.165, 1.54) is 16.8 Å². The highest BCUT2D eigenvalue weighted by atomic mass is 32.2. The minimum absolute atomic E-state index is 0.0321. The quantitative estimate of drug-likeness (QED) is 0.663. The number of thioether (sulfide) groups is 1. The number of imidazole rings is 1. The SMILES string of the molecule is COc1ccc2c(c1)CC(NC(=O)C(CO)n1ccnc1)CS2.O=CO. The molecular weight excluding hydrogens is 358 g/mol. The Balaban J connectivity index is 0.000000758. The van der Waals surface area contributed by atoms with Crippen molar-refractivity contribution in [2.24, 2.45) is 0 Å². The Hall–Kier alpha value is -2.52. The first-order valence-corrected chi connectivity index (χ1v) is 8.87. The van der Waals surface area contributed by atoms with Gasteiger partial charge in [-0.2, -0.15) is 0 Å². The summed E-state index contributed by atoms with van der Waals surface area (Å²) >= 11 is 1.72. The van der Waals surface area contributed by atoms with E-state index >= 15 is 0 Å². The topological polar surface area (TPSA) is 114 Å². The lowest BCUT2D eigenvalue weighted by molar-refractivity contribution is -0.126. The number of hydrogen-bond acceptors (Lipinski definition) is 6. The van der Waals surface area contributed by atoms with Crippen LogP contribution in [0.25, 0.3) is 0 Å². The number of carboxylic acid groups (broad SMARTS) is 1. The van der Waals surface area contributed by atoms with Gasteiger partial charge in [0.2, 0.25) is 5.91 Å². The first kappa shape index (κ1) is 19.8. The molecule has 0 bridgehead atoms. The van der Waals surface area contributed by atoms with E-state index in [0.29, 0.717) is 0 Å². The summed E-state index contributed by atoms with van der Waals surface area (Å²) in [7, 11) is 1.65. The number of rotatable bonds is 5. The highest BCUT2D eigenvalue weighted by Gasteiger charge is 2.25. The van der Waals surface area contributed by atoms with Crippen molar-refractivity contribution in [3.05, 3.63) is 42.5 Å². The molecule has 1 aromatic heterocycles. The fraction of sp³-hybridized carbons (Fsp3) is 0.353. The molecule has 9 heteroatoms. The molecule has 0 radical (unpaired) electrons. The van der Waals surface area contributed by atoms with Gasteiger partial charge in [0, 0.05) is 29.1 Å². The van der Waals surface area contributed by atoms with Crippen molar-refractivity contribution in [2.45, 2.75) is 23.4 Å². The lowest BCUT2D eigenvalue weighted by Gasteiger charge is -2.27. The number of methoxy groups -OCH3 is 1. The van der Waals surface area contributed by atoms with Crippen molar-refractivity contribution in [1.82, 2.24) is 14.9 Å². The number of amides is 1. The summed E-state index contributed by atoms with van der Waals surface area (Å²) in [4.78, 5) is 25.9. The Morgan fingerprint density at radius 2 is 2.35 bits per heavy atom. The summed E-state index contributed by atoms with van der Waals surface area (Å²) < 4.78 is 6.87. The molecule has 1 aliphatic rings. The first-order chi connectivity index (χ1) is 12.6. The van der Waals surface area contributed by atoms with Gasteiger partial charge in [-0.15, -0.1) is 11.8 Å². The van der Waals surface area contributed by atoms with E-state index in [2.05, 4.69) is 16.4 Å².